The molecular formula is C17H23ClN2O. The monoisotopic (exact) mass is 306 g/mol. The maximum absolute atomic E-state index is 12.5. The summed E-state index contributed by atoms with van der Waals surface area (Å²) in [7, 11) is 0. The van der Waals surface area contributed by atoms with Gasteiger partial charge in [-0.1, -0.05) is 18.2 Å². The second-order valence-corrected chi connectivity index (χ2v) is 6.61. The molecule has 114 valence electrons. The molecule has 2 fully saturated rings. The highest BCUT2D eigenvalue weighted by molar-refractivity contribution is 5.85. The number of aryl methyl sites for hydroxylation is 2. The normalized spacial score (nSPS) is 26.4. The summed E-state index contributed by atoms with van der Waals surface area (Å²) in [5, 5.41) is 3.42. The van der Waals surface area contributed by atoms with Gasteiger partial charge >= 0.3 is 0 Å². The number of hydrogen-bond donors (Lipinski definition) is 1. The van der Waals surface area contributed by atoms with Crippen LogP contribution in [0, 0.1) is 11.8 Å². The molecule has 0 bridgehead atoms. The molecule has 2 atom stereocenters. The van der Waals surface area contributed by atoms with Crippen molar-refractivity contribution in [1.29, 1.82) is 0 Å². The minimum absolute atomic E-state index is 0. The number of rotatable bonds is 2. The maximum Gasteiger partial charge on any atom is 0.227 e. The van der Waals surface area contributed by atoms with Crippen molar-refractivity contribution in [2.45, 2.75) is 25.7 Å². The van der Waals surface area contributed by atoms with Gasteiger partial charge in [0.1, 0.15) is 0 Å². The van der Waals surface area contributed by atoms with Gasteiger partial charge in [0.05, 0.1) is 6.42 Å². The number of likely N-dealkylation sites (tertiary alicyclic amines) is 1. The molecule has 2 heterocycles. The molecule has 1 amide bonds. The molecule has 4 heteroatoms. The summed E-state index contributed by atoms with van der Waals surface area (Å²) >= 11 is 0. The second kappa shape index (κ2) is 5.98. The highest BCUT2D eigenvalue weighted by Gasteiger charge is 2.37. The van der Waals surface area contributed by atoms with Gasteiger partial charge in [-0.25, -0.2) is 0 Å². The molecule has 4 rings (SSSR count). The number of halogens is 1. The zero-order valence-corrected chi connectivity index (χ0v) is 13.1. The minimum Gasteiger partial charge on any atom is -0.342 e. The third-order valence-corrected chi connectivity index (χ3v) is 5.26. The lowest BCUT2D eigenvalue weighted by Gasteiger charge is -2.17. The Hall–Kier alpha value is -1.06. The van der Waals surface area contributed by atoms with E-state index in [9.17, 15) is 4.79 Å². The number of benzene rings is 1. The third kappa shape index (κ3) is 2.82. The van der Waals surface area contributed by atoms with Gasteiger partial charge < -0.3 is 10.2 Å². The van der Waals surface area contributed by atoms with E-state index in [4.69, 9.17) is 0 Å². The summed E-state index contributed by atoms with van der Waals surface area (Å²) in [5.41, 5.74) is 4.16. The van der Waals surface area contributed by atoms with Gasteiger partial charge in [-0.15, -0.1) is 12.4 Å². The van der Waals surface area contributed by atoms with Crippen molar-refractivity contribution in [2.75, 3.05) is 26.2 Å². The summed E-state index contributed by atoms with van der Waals surface area (Å²) in [4.78, 5) is 14.5. The van der Waals surface area contributed by atoms with Gasteiger partial charge in [-0.05, 0) is 47.8 Å². The molecular weight excluding hydrogens is 284 g/mol. The third-order valence-electron chi connectivity index (χ3n) is 5.26. The summed E-state index contributed by atoms with van der Waals surface area (Å²) in [6, 6.07) is 6.65. The SMILES string of the molecule is Cl.O=C(Cc1ccc2c(c1)CCC2)N1C[C@H]2CNC[C@H]2C1. The summed E-state index contributed by atoms with van der Waals surface area (Å²) in [6.07, 6.45) is 4.26. The summed E-state index contributed by atoms with van der Waals surface area (Å²) < 4.78 is 0. The average Bonchev–Trinajstić information content (AvgIpc) is 3.12. The van der Waals surface area contributed by atoms with Gasteiger partial charge in [0.2, 0.25) is 5.91 Å². The van der Waals surface area contributed by atoms with Crippen molar-refractivity contribution >= 4 is 18.3 Å². The van der Waals surface area contributed by atoms with E-state index in [0.29, 0.717) is 24.2 Å². The van der Waals surface area contributed by atoms with Crippen LogP contribution in [-0.4, -0.2) is 37.0 Å². The van der Waals surface area contributed by atoms with Crippen LogP contribution in [0.2, 0.25) is 0 Å². The largest absolute Gasteiger partial charge is 0.342 e. The molecule has 21 heavy (non-hydrogen) atoms. The average molecular weight is 307 g/mol. The van der Waals surface area contributed by atoms with E-state index < -0.39 is 0 Å². The van der Waals surface area contributed by atoms with Crippen LogP contribution in [0.25, 0.3) is 0 Å². The van der Waals surface area contributed by atoms with Crippen molar-refractivity contribution in [3.05, 3.63) is 34.9 Å². The standard InChI is InChI=1S/C17H22N2O.ClH/c20-17(19-10-15-8-18-9-16(15)11-19)7-12-4-5-13-2-1-3-14(13)6-12;/h4-6,15-16,18H,1-3,7-11H2;1H/t15-,16+;. The molecule has 1 aromatic rings. The Balaban J connectivity index is 0.00000132. The predicted octanol–water partition coefficient (Wildman–Crippen LogP) is 1.82. The van der Waals surface area contributed by atoms with E-state index in [0.717, 1.165) is 26.2 Å². The Morgan fingerprint density at radius 2 is 1.86 bits per heavy atom. The first-order chi connectivity index (χ1) is 9.79. The molecule has 1 aromatic carbocycles. The first kappa shape index (κ1) is 14.9. The van der Waals surface area contributed by atoms with Crippen molar-refractivity contribution in [3.8, 4) is 0 Å². The maximum atomic E-state index is 12.5. The molecule has 0 unspecified atom stereocenters. The molecule has 0 aromatic heterocycles. The van der Waals surface area contributed by atoms with Crippen LogP contribution in [0.1, 0.15) is 23.1 Å². The topological polar surface area (TPSA) is 32.3 Å². The number of hydrogen-bond acceptors (Lipinski definition) is 2. The first-order valence-electron chi connectivity index (χ1n) is 7.89. The molecule has 3 nitrogen and oxygen atoms in total. The number of nitrogens with one attached hydrogen (secondary N) is 1. The zero-order valence-electron chi connectivity index (χ0n) is 12.3. The van der Waals surface area contributed by atoms with Crippen LogP contribution in [0.15, 0.2) is 18.2 Å². The molecule has 0 radical (unpaired) electrons. The van der Waals surface area contributed by atoms with Crippen molar-refractivity contribution in [2.24, 2.45) is 11.8 Å². The van der Waals surface area contributed by atoms with Gasteiger partial charge in [0, 0.05) is 26.2 Å². The molecule has 2 saturated heterocycles. The van der Waals surface area contributed by atoms with Crippen LogP contribution < -0.4 is 5.32 Å². The van der Waals surface area contributed by atoms with Gasteiger partial charge in [0.15, 0.2) is 0 Å². The quantitative estimate of drug-likeness (QED) is 0.904. The van der Waals surface area contributed by atoms with Crippen molar-refractivity contribution in [1.82, 2.24) is 10.2 Å². The van der Waals surface area contributed by atoms with E-state index in [1.165, 1.54) is 36.0 Å². The fourth-order valence-corrected chi connectivity index (χ4v) is 4.08. The van der Waals surface area contributed by atoms with Crippen LogP contribution >= 0.6 is 12.4 Å². The fourth-order valence-electron chi connectivity index (χ4n) is 4.08. The lowest BCUT2D eigenvalue weighted by atomic mass is 10.0. The van der Waals surface area contributed by atoms with E-state index in [2.05, 4.69) is 28.4 Å². The Bertz CT molecular complexity index is 534. The molecule has 0 spiro atoms. The second-order valence-electron chi connectivity index (χ2n) is 6.61. The lowest BCUT2D eigenvalue weighted by Crippen LogP contribution is -2.33. The van der Waals surface area contributed by atoms with Crippen LogP contribution in [0.5, 0.6) is 0 Å². The summed E-state index contributed by atoms with van der Waals surface area (Å²) in [5.74, 6) is 1.70. The highest BCUT2D eigenvalue weighted by Crippen LogP contribution is 2.27. The Morgan fingerprint density at radius 3 is 2.62 bits per heavy atom. The minimum atomic E-state index is 0. The smallest absolute Gasteiger partial charge is 0.227 e. The van der Waals surface area contributed by atoms with E-state index in [1.54, 1.807) is 0 Å². The number of carbonyl (C=O) groups excluding carboxylic acids is 1. The van der Waals surface area contributed by atoms with E-state index >= 15 is 0 Å². The fraction of sp³-hybridized carbons (Fsp3) is 0.588. The number of amides is 1. The number of nitrogens with zero attached hydrogens (tertiary/aromatic N) is 1. The van der Waals surface area contributed by atoms with Crippen molar-refractivity contribution in [3.63, 3.8) is 0 Å². The van der Waals surface area contributed by atoms with E-state index in [-0.39, 0.29) is 12.4 Å². The molecule has 0 saturated carbocycles. The first-order valence-corrected chi connectivity index (χ1v) is 7.89. The Morgan fingerprint density at radius 1 is 1.14 bits per heavy atom. The van der Waals surface area contributed by atoms with Gasteiger partial charge in [-0.2, -0.15) is 0 Å². The predicted molar refractivity (Wildman–Crippen MR) is 85.8 cm³/mol. The van der Waals surface area contributed by atoms with Crippen LogP contribution in [-0.2, 0) is 24.1 Å². The lowest BCUT2D eigenvalue weighted by molar-refractivity contribution is -0.129. The molecule has 1 N–H and O–H groups in total. The summed E-state index contributed by atoms with van der Waals surface area (Å²) in [6.45, 7) is 4.10. The molecule has 2 aliphatic heterocycles. The van der Waals surface area contributed by atoms with E-state index in [1.807, 2.05) is 0 Å². The number of carbonyl (C=O) groups is 1. The van der Waals surface area contributed by atoms with Gasteiger partial charge in [0.25, 0.3) is 0 Å². The van der Waals surface area contributed by atoms with Gasteiger partial charge in [-0.3, -0.25) is 4.79 Å². The highest BCUT2D eigenvalue weighted by atomic mass is 35.5. The van der Waals surface area contributed by atoms with Crippen molar-refractivity contribution < 1.29 is 4.79 Å². The number of fused-ring (bicyclic) bond motifs is 2. The molecule has 1 aliphatic carbocycles. The van der Waals surface area contributed by atoms with Crippen LogP contribution in [0.4, 0.5) is 0 Å². The Labute approximate surface area is 132 Å². The zero-order chi connectivity index (χ0) is 13.5. The Kier molecular flexibility index (Phi) is 4.23. The van der Waals surface area contributed by atoms with Crippen LogP contribution in [0.3, 0.4) is 0 Å². The molecule has 3 aliphatic rings.